The first-order valence-corrected chi connectivity index (χ1v) is 6.28. The lowest BCUT2D eigenvalue weighted by atomic mass is 10.0. The van der Waals surface area contributed by atoms with Crippen LogP contribution in [0, 0.1) is 25.2 Å². The van der Waals surface area contributed by atoms with Gasteiger partial charge >= 0.3 is 5.97 Å². The molecule has 0 saturated heterocycles. The topological polar surface area (TPSA) is 63.0 Å². The van der Waals surface area contributed by atoms with E-state index in [4.69, 9.17) is 5.26 Å². The number of ether oxygens (including phenoxy) is 1. The SMILES string of the molecule is COC(=O)Cc1c(C)nc(SC)c(C#N)c1C. The van der Waals surface area contributed by atoms with Crippen LogP contribution in [0.4, 0.5) is 0 Å². The number of nitrogens with zero attached hydrogens (tertiary/aromatic N) is 2. The first-order chi connectivity index (χ1) is 8.04. The largest absolute Gasteiger partial charge is 0.469 e. The molecule has 0 fully saturated rings. The second-order valence-corrected chi connectivity index (χ2v) is 4.34. The minimum atomic E-state index is -0.321. The van der Waals surface area contributed by atoms with Crippen LogP contribution in [0.25, 0.3) is 0 Å². The van der Waals surface area contributed by atoms with Gasteiger partial charge in [-0.25, -0.2) is 4.98 Å². The number of esters is 1. The molecule has 0 spiro atoms. The molecule has 0 atom stereocenters. The van der Waals surface area contributed by atoms with E-state index in [0.29, 0.717) is 10.6 Å². The number of hydrogen-bond donors (Lipinski definition) is 0. The van der Waals surface area contributed by atoms with E-state index in [9.17, 15) is 4.79 Å². The van der Waals surface area contributed by atoms with Gasteiger partial charge in [-0.1, -0.05) is 0 Å². The van der Waals surface area contributed by atoms with Crippen LogP contribution < -0.4 is 0 Å². The van der Waals surface area contributed by atoms with Crippen molar-refractivity contribution in [2.75, 3.05) is 13.4 Å². The highest BCUT2D eigenvalue weighted by Gasteiger charge is 2.16. The zero-order valence-corrected chi connectivity index (χ0v) is 11.1. The molecule has 17 heavy (non-hydrogen) atoms. The van der Waals surface area contributed by atoms with E-state index < -0.39 is 0 Å². The monoisotopic (exact) mass is 250 g/mol. The van der Waals surface area contributed by atoms with Crippen molar-refractivity contribution in [3.05, 3.63) is 22.4 Å². The Kier molecular flexibility index (Phi) is 4.53. The Bertz CT molecular complexity index is 492. The van der Waals surface area contributed by atoms with Gasteiger partial charge in [0.1, 0.15) is 11.1 Å². The van der Waals surface area contributed by atoms with Gasteiger partial charge in [-0.2, -0.15) is 5.26 Å². The molecule has 5 heteroatoms. The molecular weight excluding hydrogens is 236 g/mol. The van der Waals surface area contributed by atoms with Gasteiger partial charge in [-0.3, -0.25) is 4.79 Å². The van der Waals surface area contributed by atoms with Crippen LogP contribution in [-0.4, -0.2) is 24.3 Å². The van der Waals surface area contributed by atoms with Crippen molar-refractivity contribution in [3.63, 3.8) is 0 Å². The number of nitriles is 1. The molecule has 0 saturated carbocycles. The van der Waals surface area contributed by atoms with Gasteiger partial charge in [0.05, 0.1) is 19.1 Å². The Hall–Kier alpha value is -1.54. The summed E-state index contributed by atoms with van der Waals surface area (Å²) in [6.07, 6.45) is 2.03. The van der Waals surface area contributed by atoms with Crippen molar-refractivity contribution in [3.8, 4) is 6.07 Å². The molecule has 0 N–H and O–H groups in total. The van der Waals surface area contributed by atoms with Gasteiger partial charge in [0, 0.05) is 5.69 Å². The fourth-order valence-electron chi connectivity index (χ4n) is 1.61. The van der Waals surface area contributed by atoms with Gasteiger partial charge < -0.3 is 4.74 Å². The summed E-state index contributed by atoms with van der Waals surface area (Å²) in [7, 11) is 1.35. The third-order valence-electron chi connectivity index (χ3n) is 2.60. The second kappa shape index (κ2) is 5.69. The Morgan fingerprint density at radius 1 is 1.53 bits per heavy atom. The van der Waals surface area contributed by atoms with Crippen LogP contribution in [0.15, 0.2) is 5.03 Å². The molecule has 0 aliphatic rings. The maximum absolute atomic E-state index is 11.3. The predicted molar refractivity (Wildman–Crippen MR) is 65.9 cm³/mol. The van der Waals surface area contributed by atoms with Gasteiger partial charge in [-0.15, -0.1) is 11.8 Å². The van der Waals surface area contributed by atoms with E-state index in [1.54, 1.807) is 0 Å². The lowest BCUT2D eigenvalue weighted by Crippen LogP contribution is -2.10. The normalized spacial score (nSPS) is 9.82. The third-order valence-corrected chi connectivity index (χ3v) is 3.28. The molecule has 1 aromatic rings. The maximum atomic E-state index is 11.3. The van der Waals surface area contributed by atoms with E-state index in [1.165, 1.54) is 18.9 Å². The lowest BCUT2D eigenvalue weighted by molar-refractivity contribution is -0.139. The number of aryl methyl sites for hydroxylation is 1. The number of hydrogen-bond acceptors (Lipinski definition) is 5. The van der Waals surface area contributed by atoms with Crippen LogP contribution in [0.1, 0.15) is 22.4 Å². The smallest absolute Gasteiger partial charge is 0.310 e. The molecule has 1 rings (SSSR count). The quantitative estimate of drug-likeness (QED) is 0.606. The van der Waals surface area contributed by atoms with E-state index >= 15 is 0 Å². The van der Waals surface area contributed by atoms with Crippen LogP contribution >= 0.6 is 11.8 Å². The number of aromatic nitrogens is 1. The molecule has 0 bridgehead atoms. The third kappa shape index (κ3) is 2.77. The van der Waals surface area contributed by atoms with Gasteiger partial charge in [0.15, 0.2) is 0 Å². The van der Waals surface area contributed by atoms with Crippen molar-refractivity contribution in [2.45, 2.75) is 25.3 Å². The van der Waals surface area contributed by atoms with Crippen LogP contribution in [0.5, 0.6) is 0 Å². The molecule has 1 aromatic heterocycles. The highest BCUT2D eigenvalue weighted by Crippen LogP contribution is 2.25. The van der Waals surface area contributed by atoms with Crippen molar-refractivity contribution in [1.29, 1.82) is 5.26 Å². The summed E-state index contributed by atoms with van der Waals surface area (Å²) in [5.74, 6) is -0.321. The summed E-state index contributed by atoms with van der Waals surface area (Å²) >= 11 is 1.43. The summed E-state index contributed by atoms with van der Waals surface area (Å²) in [6.45, 7) is 3.68. The van der Waals surface area contributed by atoms with E-state index in [-0.39, 0.29) is 12.4 Å². The Labute approximate surface area is 105 Å². The van der Waals surface area contributed by atoms with Crippen LogP contribution in [-0.2, 0) is 16.0 Å². The van der Waals surface area contributed by atoms with Crippen molar-refractivity contribution < 1.29 is 9.53 Å². The molecule has 90 valence electrons. The number of carbonyl (C=O) groups is 1. The highest BCUT2D eigenvalue weighted by atomic mass is 32.2. The average Bonchev–Trinajstić information content (AvgIpc) is 2.33. The van der Waals surface area contributed by atoms with Crippen molar-refractivity contribution in [2.24, 2.45) is 0 Å². The number of methoxy groups -OCH3 is 1. The fourth-order valence-corrected chi connectivity index (χ4v) is 2.25. The average molecular weight is 250 g/mol. The Morgan fingerprint density at radius 2 is 2.18 bits per heavy atom. The van der Waals surface area contributed by atoms with E-state index in [1.807, 2.05) is 20.1 Å². The first kappa shape index (κ1) is 13.5. The molecule has 0 aromatic carbocycles. The van der Waals surface area contributed by atoms with Gasteiger partial charge in [-0.05, 0) is 31.2 Å². The lowest BCUT2D eigenvalue weighted by Gasteiger charge is -2.12. The molecular formula is C12H14N2O2S. The molecule has 0 radical (unpaired) electrons. The molecule has 0 aliphatic heterocycles. The molecule has 4 nitrogen and oxygen atoms in total. The predicted octanol–water partition coefficient (Wildman–Crippen LogP) is 2.01. The minimum absolute atomic E-state index is 0.157. The molecule has 0 aliphatic carbocycles. The van der Waals surface area contributed by atoms with Crippen LogP contribution in [0.3, 0.4) is 0 Å². The summed E-state index contributed by atoms with van der Waals surface area (Å²) in [5, 5.41) is 9.82. The summed E-state index contributed by atoms with van der Waals surface area (Å²) in [4.78, 5) is 15.6. The van der Waals surface area contributed by atoms with Crippen molar-refractivity contribution in [1.82, 2.24) is 4.98 Å². The minimum Gasteiger partial charge on any atom is -0.469 e. The molecule has 1 heterocycles. The van der Waals surface area contributed by atoms with Crippen LogP contribution in [0.2, 0.25) is 0 Å². The second-order valence-electron chi connectivity index (χ2n) is 3.55. The van der Waals surface area contributed by atoms with E-state index in [2.05, 4.69) is 15.8 Å². The fraction of sp³-hybridized carbons (Fsp3) is 0.417. The molecule has 0 unspecified atom stereocenters. The number of thioether (sulfide) groups is 1. The zero-order valence-electron chi connectivity index (χ0n) is 10.3. The molecule has 0 amide bonds. The standard InChI is InChI=1S/C12H14N2O2S/c1-7-9(5-11(15)16-3)8(2)14-12(17-4)10(7)6-13/h5H2,1-4H3. The Morgan fingerprint density at radius 3 is 2.65 bits per heavy atom. The Balaban J connectivity index is 3.33. The first-order valence-electron chi connectivity index (χ1n) is 5.06. The summed E-state index contributed by atoms with van der Waals surface area (Å²) in [5.41, 5.74) is 2.92. The maximum Gasteiger partial charge on any atom is 0.310 e. The van der Waals surface area contributed by atoms with Gasteiger partial charge in [0.25, 0.3) is 0 Å². The zero-order chi connectivity index (χ0) is 13.0. The van der Waals surface area contributed by atoms with Crippen molar-refractivity contribution >= 4 is 17.7 Å². The highest BCUT2D eigenvalue weighted by molar-refractivity contribution is 7.98. The summed E-state index contributed by atoms with van der Waals surface area (Å²) < 4.78 is 4.64. The number of rotatable bonds is 3. The summed E-state index contributed by atoms with van der Waals surface area (Å²) in [6, 6.07) is 2.14. The van der Waals surface area contributed by atoms with E-state index in [0.717, 1.165) is 16.8 Å². The number of pyridine rings is 1. The number of carbonyl (C=O) groups excluding carboxylic acids is 1. The van der Waals surface area contributed by atoms with Gasteiger partial charge in [0.2, 0.25) is 0 Å².